The predicted octanol–water partition coefficient (Wildman–Crippen LogP) is 3.29. The zero-order valence-electron chi connectivity index (χ0n) is 10.5. The lowest BCUT2D eigenvalue weighted by Crippen LogP contribution is -2.29. The van der Waals surface area contributed by atoms with Crippen LogP contribution in [0.5, 0.6) is 5.75 Å². The summed E-state index contributed by atoms with van der Waals surface area (Å²) in [6.07, 6.45) is 3.99. The molecule has 1 aliphatic rings. The summed E-state index contributed by atoms with van der Waals surface area (Å²) in [5.74, 6) is 1.34. The third-order valence-electron chi connectivity index (χ3n) is 3.60. The molecule has 0 radical (unpaired) electrons. The van der Waals surface area contributed by atoms with Crippen LogP contribution in [0.1, 0.15) is 37.8 Å². The molecule has 94 valence electrons. The number of hydrogen-bond donors (Lipinski definition) is 1. The largest absolute Gasteiger partial charge is 0.496 e. The molecule has 0 aromatic heterocycles. The van der Waals surface area contributed by atoms with Gasteiger partial charge in [0.15, 0.2) is 0 Å². The Morgan fingerprint density at radius 2 is 2.24 bits per heavy atom. The maximum Gasteiger partial charge on any atom is 0.123 e. The van der Waals surface area contributed by atoms with Gasteiger partial charge in [-0.1, -0.05) is 6.42 Å². The number of hydrogen-bond acceptors (Lipinski definition) is 2. The molecular formula is C14H20FNO. The Labute approximate surface area is 102 Å². The molecule has 0 amide bonds. The van der Waals surface area contributed by atoms with E-state index in [0.29, 0.717) is 0 Å². The van der Waals surface area contributed by atoms with Crippen LogP contribution >= 0.6 is 0 Å². The third-order valence-corrected chi connectivity index (χ3v) is 3.60. The monoisotopic (exact) mass is 237 g/mol. The Kier molecular flexibility index (Phi) is 4.00. The van der Waals surface area contributed by atoms with Gasteiger partial charge in [0.1, 0.15) is 11.6 Å². The summed E-state index contributed by atoms with van der Waals surface area (Å²) in [7, 11) is 1.62. The number of halogens is 1. The van der Waals surface area contributed by atoms with Crippen LogP contribution in [-0.4, -0.2) is 13.7 Å². The number of rotatable bonds is 5. The van der Waals surface area contributed by atoms with Gasteiger partial charge in [-0.3, -0.25) is 0 Å². The molecule has 0 bridgehead atoms. The fourth-order valence-corrected chi connectivity index (χ4v) is 2.19. The molecule has 1 aromatic rings. The van der Waals surface area contributed by atoms with Crippen LogP contribution in [0.3, 0.4) is 0 Å². The third kappa shape index (κ3) is 2.97. The van der Waals surface area contributed by atoms with Gasteiger partial charge in [0.05, 0.1) is 7.11 Å². The lowest BCUT2D eigenvalue weighted by Gasteiger charge is -2.27. The predicted molar refractivity (Wildman–Crippen MR) is 66.7 cm³/mol. The van der Waals surface area contributed by atoms with E-state index in [1.165, 1.54) is 25.3 Å². The molecule has 1 unspecified atom stereocenters. The molecule has 1 saturated carbocycles. The second-order valence-electron chi connectivity index (χ2n) is 4.81. The van der Waals surface area contributed by atoms with Crippen LogP contribution < -0.4 is 10.1 Å². The van der Waals surface area contributed by atoms with E-state index in [0.717, 1.165) is 23.8 Å². The molecule has 0 aliphatic heterocycles. The van der Waals surface area contributed by atoms with Crippen molar-refractivity contribution in [3.8, 4) is 5.75 Å². The average molecular weight is 237 g/mol. The van der Waals surface area contributed by atoms with Gasteiger partial charge in [0.2, 0.25) is 0 Å². The molecule has 0 heterocycles. The quantitative estimate of drug-likeness (QED) is 0.848. The SMILES string of the molecule is COc1ccc(F)cc1C(C)NCC1CCC1. The summed E-state index contributed by atoms with van der Waals surface area (Å²) < 4.78 is 18.5. The molecule has 1 aliphatic carbocycles. The number of methoxy groups -OCH3 is 1. The van der Waals surface area contributed by atoms with Crippen molar-refractivity contribution < 1.29 is 9.13 Å². The summed E-state index contributed by atoms with van der Waals surface area (Å²) >= 11 is 0. The van der Waals surface area contributed by atoms with Crippen LogP contribution in [0.2, 0.25) is 0 Å². The summed E-state index contributed by atoms with van der Waals surface area (Å²) in [5.41, 5.74) is 0.895. The highest BCUT2D eigenvalue weighted by Gasteiger charge is 2.19. The van der Waals surface area contributed by atoms with Gasteiger partial charge in [-0.15, -0.1) is 0 Å². The van der Waals surface area contributed by atoms with E-state index in [4.69, 9.17) is 4.74 Å². The van der Waals surface area contributed by atoms with Crippen molar-refractivity contribution in [2.75, 3.05) is 13.7 Å². The first-order valence-electron chi connectivity index (χ1n) is 6.27. The Bertz CT molecular complexity index is 376. The van der Waals surface area contributed by atoms with Crippen molar-refractivity contribution in [1.29, 1.82) is 0 Å². The Balaban J connectivity index is 2.00. The van der Waals surface area contributed by atoms with E-state index in [1.807, 2.05) is 0 Å². The van der Waals surface area contributed by atoms with Crippen LogP contribution in [0.25, 0.3) is 0 Å². The van der Waals surface area contributed by atoms with Gasteiger partial charge in [-0.05, 0) is 50.4 Å². The van der Waals surface area contributed by atoms with Crippen LogP contribution in [0, 0.1) is 11.7 Å². The maximum absolute atomic E-state index is 13.2. The Morgan fingerprint density at radius 1 is 1.47 bits per heavy atom. The number of benzene rings is 1. The van der Waals surface area contributed by atoms with E-state index in [9.17, 15) is 4.39 Å². The maximum atomic E-state index is 13.2. The van der Waals surface area contributed by atoms with E-state index < -0.39 is 0 Å². The lowest BCUT2D eigenvalue weighted by molar-refractivity contribution is 0.290. The first-order chi connectivity index (χ1) is 8.20. The van der Waals surface area contributed by atoms with E-state index in [-0.39, 0.29) is 11.9 Å². The number of nitrogens with one attached hydrogen (secondary N) is 1. The van der Waals surface area contributed by atoms with Crippen molar-refractivity contribution in [2.45, 2.75) is 32.2 Å². The minimum Gasteiger partial charge on any atom is -0.496 e. The van der Waals surface area contributed by atoms with E-state index >= 15 is 0 Å². The molecular weight excluding hydrogens is 217 g/mol. The van der Waals surface area contributed by atoms with Crippen molar-refractivity contribution in [3.05, 3.63) is 29.6 Å². The smallest absolute Gasteiger partial charge is 0.123 e. The van der Waals surface area contributed by atoms with Crippen molar-refractivity contribution in [2.24, 2.45) is 5.92 Å². The molecule has 1 atom stereocenters. The molecule has 0 saturated heterocycles. The second kappa shape index (κ2) is 5.50. The van der Waals surface area contributed by atoms with Gasteiger partial charge in [0, 0.05) is 11.6 Å². The fourth-order valence-electron chi connectivity index (χ4n) is 2.19. The summed E-state index contributed by atoms with van der Waals surface area (Å²) in [6, 6.07) is 4.80. The lowest BCUT2D eigenvalue weighted by atomic mass is 9.85. The normalized spacial score (nSPS) is 17.6. The minimum atomic E-state index is -0.210. The van der Waals surface area contributed by atoms with Gasteiger partial charge in [0.25, 0.3) is 0 Å². The standard InChI is InChI=1S/C14H20FNO/c1-10(16-9-11-4-3-5-11)13-8-12(15)6-7-14(13)17-2/h6-8,10-11,16H,3-5,9H2,1-2H3. The molecule has 1 N–H and O–H groups in total. The highest BCUT2D eigenvalue weighted by atomic mass is 19.1. The topological polar surface area (TPSA) is 21.3 Å². The molecule has 0 spiro atoms. The first-order valence-corrected chi connectivity index (χ1v) is 6.27. The highest BCUT2D eigenvalue weighted by molar-refractivity contribution is 5.36. The Hall–Kier alpha value is -1.09. The second-order valence-corrected chi connectivity index (χ2v) is 4.81. The van der Waals surface area contributed by atoms with E-state index in [1.54, 1.807) is 19.2 Å². The minimum absolute atomic E-state index is 0.126. The molecule has 1 fully saturated rings. The van der Waals surface area contributed by atoms with Crippen LogP contribution in [-0.2, 0) is 0 Å². The zero-order valence-corrected chi connectivity index (χ0v) is 10.5. The van der Waals surface area contributed by atoms with Gasteiger partial charge in [-0.25, -0.2) is 4.39 Å². The fraction of sp³-hybridized carbons (Fsp3) is 0.571. The summed E-state index contributed by atoms with van der Waals surface area (Å²) in [4.78, 5) is 0. The van der Waals surface area contributed by atoms with Crippen molar-refractivity contribution in [3.63, 3.8) is 0 Å². The molecule has 2 rings (SSSR count). The van der Waals surface area contributed by atoms with Crippen LogP contribution in [0.15, 0.2) is 18.2 Å². The first kappa shape index (κ1) is 12.4. The molecule has 1 aromatic carbocycles. The van der Waals surface area contributed by atoms with E-state index in [2.05, 4.69) is 12.2 Å². The summed E-state index contributed by atoms with van der Waals surface area (Å²) in [6.45, 7) is 3.07. The van der Waals surface area contributed by atoms with Gasteiger partial charge in [-0.2, -0.15) is 0 Å². The zero-order chi connectivity index (χ0) is 12.3. The van der Waals surface area contributed by atoms with Crippen molar-refractivity contribution in [1.82, 2.24) is 5.32 Å². The van der Waals surface area contributed by atoms with Gasteiger partial charge >= 0.3 is 0 Å². The Morgan fingerprint density at radius 3 is 2.82 bits per heavy atom. The molecule has 2 nitrogen and oxygen atoms in total. The van der Waals surface area contributed by atoms with Gasteiger partial charge < -0.3 is 10.1 Å². The molecule has 3 heteroatoms. The number of ether oxygens (including phenoxy) is 1. The van der Waals surface area contributed by atoms with Crippen molar-refractivity contribution >= 4 is 0 Å². The molecule has 17 heavy (non-hydrogen) atoms. The highest BCUT2D eigenvalue weighted by Crippen LogP contribution is 2.28. The average Bonchev–Trinajstić information content (AvgIpc) is 2.26. The van der Waals surface area contributed by atoms with Crippen LogP contribution in [0.4, 0.5) is 4.39 Å². The summed E-state index contributed by atoms with van der Waals surface area (Å²) in [5, 5.41) is 3.46.